The van der Waals surface area contributed by atoms with Crippen molar-refractivity contribution in [1.82, 2.24) is 4.72 Å². The first-order valence-electron chi connectivity index (χ1n) is 5.65. The Morgan fingerprint density at radius 1 is 1.40 bits per heavy atom. The maximum atomic E-state index is 13.5. The Kier molecular flexibility index (Phi) is 8.60. The van der Waals surface area contributed by atoms with Gasteiger partial charge in [-0.15, -0.1) is 12.4 Å². The number of unbranched alkanes of at least 4 members (excludes halogenated alkanes) is 1. The maximum Gasteiger partial charge on any atom is 0.244 e. The Bertz CT molecular complexity index is 543. The molecule has 0 radical (unpaired) electrons. The first kappa shape index (κ1) is 19.6. The predicted octanol–water partition coefficient (Wildman–Crippen LogP) is 2.04. The van der Waals surface area contributed by atoms with Gasteiger partial charge in [0.15, 0.2) is 0 Å². The fourth-order valence-corrected chi connectivity index (χ4v) is 2.99. The molecule has 0 aliphatic heterocycles. The van der Waals surface area contributed by atoms with Gasteiger partial charge >= 0.3 is 0 Å². The monoisotopic (exact) mass is 390 g/mol. The molecule has 0 bridgehead atoms. The molecule has 1 rings (SSSR count). The highest BCUT2D eigenvalue weighted by Crippen LogP contribution is 2.29. The third-order valence-corrected chi connectivity index (χ3v) is 4.51. The largest absolute Gasteiger partial charge is 0.495 e. The van der Waals surface area contributed by atoms with Crippen molar-refractivity contribution in [1.29, 1.82) is 0 Å². The number of methoxy groups -OCH3 is 1. The zero-order chi connectivity index (χ0) is 14.5. The molecule has 9 heteroatoms. The van der Waals surface area contributed by atoms with Gasteiger partial charge in [0.05, 0.1) is 11.6 Å². The van der Waals surface area contributed by atoms with Gasteiger partial charge in [-0.25, -0.2) is 17.5 Å². The maximum absolute atomic E-state index is 13.5. The second kappa shape index (κ2) is 8.78. The minimum absolute atomic E-state index is 0. The van der Waals surface area contributed by atoms with Crippen molar-refractivity contribution in [3.63, 3.8) is 0 Å². The number of hydrogen-bond donors (Lipinski definition) is 2. The summed E-state index contributed by atoms with van der Waals surface area (Å²) in [7, 11) is -2.47. The van der Waals surface area contributed by atoms with Crippen molar-refractivity contribution in [2.24, 2.45) is 5.73 Å². The lowest BCUT2D eigenvalue weighted by atomic mass is 10.3. The highest BCUT2D eigenvalue weighted by molar-refractivity contribution is 9.10. The number of rotatable bonds is 7. The molecule has 0 fully saturated rings. The summed E-state index contributed by atoms with van der Waals surface area (Å²) in [6, 6.07) is 2.21. The molecule has 0 saturated carbocycles. The van der Waals surface area contributed by atoms with Gasteiger partial charge in [-0.2, -0.15) is 0 Å². The van der Waals surface area contributed by atoms with E-state index in [4.69, 9.17) is 10.5 Å². The summed E-state index contributed by atoms with van der Waals surface area (Å²) in [5.41, 5.74) is 5.32. The van der Waals surface area contributed by atoms with Gasteiger partial charge in [-0.1, -0.05) is 0 Å². The fourth-order valence-electron chi connectivity index (χ4n) is 1.43. The zero-order valence-electron chi connectivity index (χ0n) is 10.9. The highest BCUT2D eigenvalue weighted by atomic mass is 79.9. The summed E-state index contributed by atoms with van der Waals surface area (Å²) in [4.78, 5) is -0.219. The summed E-state index contributed by atoms with van der Waals surface area (Å²) in [5.74, 6) is -0.581. The lowest BCUT2D eigenvalue weighted by Crippen LogP contribution is -2.25. The first-order chi connectivity index (χ1) is 8.92. The third-order valence-electron chi connectivity index (χ3n) is 2.42. The van der Waals surface area contributed by atoms with Crippen LogP contribution in [-0.2, 0) is 10.0 Å². The Morgan fingerprint density at radius 3 is 2.60 bits per heavy atom. The average molecular weight is 392 g/mol. The van der Waals surface area contributed by atoms with Crippen molar-refractivity contribution in [3.8, 4) is 5.75 Å². The Hall–Kier alpha value is -0.410. The van der Waals surface area contributed by atoms with Crippen molar-refractivity contribution < 1.29 is 17.5 Å². The molecule has 0 aliphatic carbocycles. The molecule has 0 aliphatic rings. The first-order valence-corrected chi connectivity index (χ1v) is 7.92. The Balaban J connectivity index is 0.00000361. The average Bonchev–Trinajstić information content (AvgIpc) is 2.37. The molecule has 0 aromatic heterocycles. The van der Waals surface area contributed by atoms with E-state index in [1.54, 1.807) is 0 Å². The molecular formula is C11H17BrClFN2O3S. The van der Waals surface area contributed by atoms with E-state index in [-0.39, 0.29) is 34.1 Å². The third kappa shape index (κ3) is 5.17. The molecule has 0 spiro atoms. The molecule has 1 aromatic carbocycles. The number of halogens is 3. The van der Waals surface area contributed by atoms with Gasteiger partial charge in [-0.05, 0) is 47.4 Å². The lowest BCUT2D eigenvalue weighted by Gasteiger charge is -2.11. The molecule has 0 unspecified atom stereocenters. The zero-order valence-corrected chi connectivity index (χ0v) is 14.1. The minimum Gasteiger partial charge on any atom is -0.495 e. The van der Waals surface area contributed by atoms with Crippen molar-refractivity contribution >= 4 is 38.4 Å². The van der Waals surface area contributed by atoms with Crippen molar-refractivity contribution in [2.75, 3.05) is 20.2 Å². The molecule has 0 amide bonds. The molecule has 0 heterocycles. The van der Waals surface area contributed by atoms with E-state index in [9.17, 15) is 12.8 Å². The van der Waals surface area contributed by atoms with E-state index in [2.05, 4.69) is 20.7 Å². The fraction of sp³-hybridized carbons (Fsp3) is 0.455. The van der Waals surface area contributed by atoms with Gasteiger partial charge in [0.25, 0.3) is 0 Å². The summed E-state index contributed by atoms with van der Waals surface area (Å²) in [5, 5.41) is 0. The van der Waals surface area contributed by atoms with Crippen molar-refractivity contribution in [3.05, 3.63) is 22.4 Å². The van der Waals surface area contributed by atoms with E-state index in [1.807, 2.05) is 0 Å². The molecule has 0 saturated heterocycles. The second-order valence-electron chi connectivity index (χ2n) is 3.81. The topological polar surface area (TPSA) is 81.4 Å². The molecule has 1 aromatic rings. The van der Waals surface area contributed by atoms with Gasteiger partial charge in [0.2, 0.25) is 10.0 Å². The van der Waals surface area contributed by atoms with E-state index in [0.29, 0.717) is 19.4 Å². The normalized spacial score (nSPS) is 11.0. The number of nitrogens with two attached hydrogens (primary N) is 1. The number of ether oxygens (including phenoxy) is 1. The van der Waals surface area contributed by atoms with E-state index in [1.165, 1.54) is 13.2 Å². The van der Waals surface area contributed by atoms with Crippen LogP contribution in [0.4, 0.5) is 4.39 Å². The van der Waals surface area contributed by atoms with E-state index < -0.39 is 15.8 Å². The summed E-state index contributed by atoms with van der Waals surface area (Å²) >= 11 is 2.98. The van der Waals surface area contributed by atoms with Gasteiger partial charge in [0, 0.05) is 6.54 Å². The van der Waals surface area contributed by atoms with Crippen LogP contribution in [-0.4, -0.2) is 28.6 Å². The van der Waals surface area contributed by atoms with Crippen LogP contribution in [0.2, 0.25) is 0 Å². The number of sulfonamides is 1. The van der Waals surface area contributed by atoms with Gasteiger partial charge < -0.3 is 10.5 Å². The smallest absolute Gasteiger partial charge is 0.244 e. The standard InChI is InChI=1S/C11H16BrFN2O3S.ClH/c1-18-10-6-8(12)9(13)7-11(10)19(16,17)15-5-3-2-4-14;/h6-7,15H,2-5,14H2,1H3;1H. The highest BCUT2D eigenvalue weighted by Gasteiger charge is 2.21. The lowest BCUT2D eigenvalue weighted by molar-refractivity contribution is 0.400. The molecule has 0 atom stereocenters. The van der Waals surface area contributed by atoms with Crippen LogP contribution < -0.4 is 15.2 Å². The van der Waals surface area contributed by atoms with Crippen LogP contribution in [0, 0.1) is 5.82 Å². The summed E-state index contributed by atoms with van der Waals surface area (Å²) in [6.07, 6.45) is 1.34. The number of benzene rings is 1. The molecule has 20 heavy (non-hydrogen) atoms. The number of nitrogens with one attached hydrogen (secondary N) is 1. The minimum atomic E-state index is -3.80. The Labute approximate surface area is 132 Å². The molecule has 116 valence electrons. The van der Waals surface area contributed by atoms with Crippen LogP contribution in [0.25, 0.3) is 0 Å². The second-order valence-corrected chi connectivity index (χ2v) is 6.40. The van der Waals surface area contributed by atoms with Crippen LogP contribution in [0.5, 0.6) is 5.75 Å². The van der Waals surface area contributed by atoms with E-state index in [0.717, 1.165) is 6.07 Å². The van der Waals surface area contributed by atoms with Crippen LogP contribution in [0.3, 0.4) is 0 Å². The summed E-state index contributed by atoms with van der Waals surface area (Å²) < 4.78 is 45.0. The number of hydrogen-bond acceptors (Lipinski definition) is 4. The van der Waals surface area contributed by atoms with Gasteiger partial charge in [0.1, 0.15) is 16.5 Å². The molecular weight excluding hydrogens is 375 g/mol. The van der Waals surface area contributed by atoms with Gasteiger partial charge in [-0.3, -0.25) is 0 Å². The quantitative estimate of drug-likeness (QED) is 0.697. The predicted molar refractivity (Wildman–Crippen MR) is 81.4 cm³/mol. The summed E-state index contributed by atoms with van der Waals surface area (Å²) in [6.45, 7) is 0.748. The van der Waals surface area contributed by atoms with Crippen LogP contribution >= 0.6 is 28.3 Å². The van der Waals surface area contributed by atoms with Crippen LogP contribution in [0.1, 0.15) is 12.8 Å². The SMILES string of the molecule is COc1cc(Br)c(F)cc1S(=O)(=O)NCCCCN.Cl. The Morgan fingerprint density at radius 2 is 2.05 bits per heavy atom. The van der Waals surface area contributed by atoms with E-state index >= 15 is 0 Å². The van der Waals surface area contributed by atoms with Crippen LogP contribution in [0.15, 0.2) is 21.5 Å². The molecule has 5 nitrogen and oxygen atoms in total. The molecule has 3 N–H and O–H groups in total. The van der Waals surface area contributed by atoms with Crippen molar-refractivity contribution in [2.45, 2.75) is 17.7 Å².